The lowest BCUT2D eigenvalue weighted by atomic mass is 9.81. The minimum Gasteiger partial charge on any atom is -0.496 e. The van der Waals surface area contributed by atoms with Crippen LogP contribution in [0.5, 0.6) is 5.75 Å². The predicted molar refractivity (Wildman–Crippen MR) is 92.7 cm³/mol. The van der Waals surface area contributed by atoms with E-state index in [4.69, 9.17) is 19.9 Å². The molecule has 0 bridgehead atoms. The van der Waals surface area contributed by atoms with Crippen LogP contribution in [0.25, 0.3) is 0 Å². The molecule has 0 radical (unpaired) electrons. The number of nitriles is 1. The van der Waals surface area contributed by atoms with E-state index < -0.39 is 23.6 Å². The standard InChI is InChI=1S/C19H19F3N2O4/c1-5-27-18(25)14-10(3)28-17(24)12(8-23)15(14)11-6-9(2)16(26-4)13(7-11)19(20,21)22/h6-7,15H,5,24H2,1-4H3. The number of alkyl halides is 3. The van der Waals surface area contributed by atoms with Gasteiger partial charge in [0, 0.05) is 0 Å². The highest BCUT2D eigenvalue weighted by molar-refractivity contribution is 5.92. The van der Waals surface area contributed by atoms with Crippen molar-refractivity contribution in [3.05, 3.63) is 51.6 Å². The number of carbonyl (C=O) groups excluding carboxylic acids is 1. The lowest BCUT2D eigenvalue weighted by molar-refractivity contribution is -0.139. The Kier molecular flexibility index (Phi) is 5.92. The number of carbonyl (C=O) groups is 1. The molecule has 1 aromatic rings. The summed E-state index contributed by atoms with van der Waals surface area (Å²) in [6.45, 7) is 4.50. The van der Waals surface area contributed by atoms with Gasteiger partial charge in [-0.1, -0.05) is 6.07 Å². The van der Waals surface area contributed by atoms with Gasteiger partial charge in [-0.3, -0.25) is 0 Å². The molecule has 1 aromatic carbocycles. The van der Waals surface area contributed by atoms with Crippen molar-refractivity contribution in [3.8, 4) is 11.8 Å². The van der Waals surface area contributed by atoms with E-state index in [1.807, 2.05) is 6.07 Å². The molecule has 2 rings (SSSR count). The number of methoxy groups -OCH3 is 1. The predicted octanol–water partition coefficient (Wildman–Crippen LogP) is 3.67. The third kappa shape index (κ3) is 3.76. The highest BCUT2D eigenvalue weighted by Crippen LogP contribution is 2.45. The topological polar surface area (TPSA) is 94.6 Å². The second-order valence-corrected chi connectivity index (χ2v) is 6.03. The van der Waals surface area contributed by atoms with Crippen LogP contribution in [0.4, 0.5) is 13.2 Å². The van der Waals surface area contributed by atoms with Crippen molar-refractivity contribution >= 4 is 5.97 Å². The molecule has 0 amide bonds. The number of allylic oxidation sites excluding steroid dienone is 2. The van der Waals surface area contributed by atoms with E-state index in [2.05, 4.69) is 0 Å². The highest BCUT2D eigenvalue weighted by atomic mass is 19.4. The fourth-order valence-electron chi connectivity index (χ4n) is 3.14. The molecule has 0 aromatic heterocycles. The van der Waals surface area contributed by atoms with E-state index >= 15 is 0 Å². The van der Waals surface area contributed by atoms with Crippen molar-refractivity contribution in [1.82, 2.24) is 0 Å². The number of esters is 1. The number of rotatable bonds is 4. The minimum absolute atomic E-state index is 0.0405. The maximum atomic E-state index is 13.6. The van der Waals surface area contributed by atoms with Gasteiger partial charge in [-0.15, -0.1) is 0 Å². The Bertz CT molecular complexity index is 911. The molecular formula is C19H19F3N2O4. The van der Waals surface area contributed by atoms with E-state index in [1.165, 1.54) is 19.9 Å². The summed E-state index contributed by atoms with van der Waals surface area (Å²) in [5, 5.41) is 9.52. The first kappa shape index (κ1) is 21.2. The van der Waals surface area contributed by atoms with Gasteiger partial charge >= 0.3 is 12.1 Å². The van der Waals surface area contributed by atoms with E-state index in [-0.39, 0.29) is 46.3 Å². The average molecular weight is 396 g/mol. The van der Waals surface area contributed by atoms with Crippen LogP contribution in [0, 0.1) is 18.3 Å². The molecule has 28 heavy (non-hydrogen) atoms. The molecule has 1 unspecified atom stereocenters. The first-order chi connectivity index (χ1) is 13.1. The van der Waals surface area contributed by atoms with E-state index in [9.17, 15) is 23.2 Å². The lowest BCUT2D eigenvalue weighted by Crippen LogP contribution is -2.26. The monoisotopic (exact) mass is 396 g/mol. The van der Waals surface area contributed by atoms with Gasteiger partial charge in [-0.25, -0.2) is 4.79 Å². The quantitative estimate of drug-likeness (QED) is 0.781. The summed E-state index contributed by atoms with van der Waals surface area (Å²) in [4.78, 5) is 12.5. The van der Waals surface area contributed by atoms with Crippen molar-refractivity contribution in [2.45, 2.75) is 32.9 Å². The molecule has 0 spiro atoms. The summed E-state index contributed by atoms with van der Waals surface area (Å²) in [6, 6.07) is 4.10. The number of hydrogen-bond acceptors (Lipinski definition) is 6. The number of aryl methyl sites for hydroxylation is 1. The lowest BCUT2D eigenvalue weighted by Gasteiger charge is -2.28. The summed E-state index contributed by atoms with van der Waals surface area (Å²) in [5.74, 6) is -2.52. The molecule has 1 atom stereocenters. The molecule has 2 N–H and O–H groups in total. The van der Waals surface area contributed by atoms with Crippen molar-refractivity contribution in [2.75, 3.05) is 13.7 Å². The molecule has 6 nitrogen and oxygen atoms in total. The van der Waals surface area contributed by atoms with Crippen LogP contribution >= 0.6 is 0 Å². The van der Waals surface area contributed by atoms with Gasteiger partial charge in [0.1, 0.15) is 23.2 Å². The van der Waals surface area contributed by atoms with Crippen LogP contribution in [-0.2, 0) is 20.4 Å². The summed E-state index contributed by atoms with van der Waals surface area (Å²) in [5.41, 5.74) is 4.73. The van der Waals surface area contributed by atoms with Crippen LogP contribution < -0.4 is 10.5 Å². The fraction of sp³-hybridized carbons (Fsp3) is 0.368. The summed E-state index contributed by atoms with van der Waals surface area (Å²) < 4.78 is 55.9. The third-order valence-corrected chi connectivity index (χ3v) is 4.24. The fourth-order valence-corrected chi connectivity index (χ4v) is 3.14. The molecule has 1 aliphatic heterocycles. The van der Waals surface area contributed by atoms with Gasteiger partial charge in [-0.2, -0.15) is 18.4 Å². The Balaban J connectivity index is 2.80. The normalized spacial score (nSPS) is 17.1. The Labute approximate surface area is 160 Å². The zero-order valence-corrected chi connectivity index (χ0v) is 15.7. The second kappa shape index (κ2) is 7.84. The molecule has 0 saturated heterocycles. The average Bonchev–Trinajstić information content (AvgIpc) is 2.59. The van der Waals surface area contributed by atoms with Crippen molar-refractivity contribution in [3.63, 3.8) is 0 Å². The number of nitrogens with two attached hydrogens (primary N) is 1. The number of ether oxygens (including phenoxy) is 3. The molecule has 1 heterocycles. The van der Waals surface area contributed by atoms with E-state index in [0.717, 1.165) is 13.2 Å². The summed E-state index contributed by atoms with van der Waals surface area (Å²) in [6.07, 6.45) is -4.71. The smallest absolute Gasteiger partial charge is 0.419 e. The molecule has 9 heteroatoms. The Morgan fingerprint density at radius 1 is 1.36 bits per heavy atom. The van der Waals surface area contributed by atoms with Gasteiger partial charge in [0.05, 0.1) is 30.8 Å². The minimum atomic E-state index is -4.71. The van der Waals surface area contributed by atoms with Crippen molar-refractivity contribution in [1.29, 1.82) is 5.26 Å². The zero-order chi connectivity index (χ0) is 21.2. The van der Waals surface area contributed by atoms with Gasteiger partial charge in [0.2, 0.25) is 5.88 Å². The molecular weight excluding hydrogens is 377 g/mol. The van der Waals surface area contributed by atoms with Crippen LogP contribution in [0.1, 0.15) is 36.5 Å². The third-order valence-electron chi connectivity index (χ3n) is 4.24. The number of halogens is 3. The first-order valence-corrected chi connectivity index (χ1v) is 8.27. The number of hydrogen-bond donors (Lipinski definition) is 1. The Morgan fingerprint density at radius 2 is 2.00 bits per heavy atom. The first-order valence-electron chi connectivity index (χ1n) is 8.27. The largest absolute Gasteiger partial charge is 0.496 e. The van der Waals surface area contributed by atoms with E-state index in [0.29, 0.717) is 0 Å². The number of nitrogens with zero attached hydrogens (tertiary/aromatic N) is 1. The highest BCUT2D eigenvalue weighted by Gasteiger charge is 2.40. The van der Waals surface area contributed by atoms with Gasteiger partial charge in [-0.05, 0) is 38.0 Å². The van der Waals surface area contributed by atoms with Gasteiger partial charge in [0.25, 0.3) is 0 Å². The molecule has 150 valence electrons. The summed E-state index contributed by atoms with van der Waals surface area (Å²) >= 11 is 0. The van der Waals surface area contributed by atoms with Crippen LogP contribution in [0.3, 0.4) is 0 Å². The molecule has 0 saturated carbocycles. The SMILES string of the molecule is CCOC(=O)C1=C(C)OC(N)=C(C#N)C1c1cc(C)c(OC)c(C(F)(F)F)c1. The summed E-state index contributed by atoms with van der Waals surface area (Å²) in [7, 11) is 1.14. The second-order valence-electron chi connectivity index (χ2n) is 6.03. The Hall–Kier alpha value is -3.15. The van der Waals surface area contributed by atoms with Crippen molar-refractivity contribution < 1.29 is 32.2 Å². The Morgan fingerprint density at radius 3 is 2.50 bits per heavy atom. The van der Waals surface area contributed by atoms with Gasteiger partial charge in [0.15, 0.2) is 0 Å². The maximum absolute atomic E-state index is 13.6. The van der Waals surface area contributed by atoms with Crippen LogP contribution in [0.2, 0.25) is 0 Å². The number of benzene rings is 1. The molecule has 1 aliphatic rings. The molecule has 0 aliphatic carbocycles. The molecule has 0 fully saturated rings. The maximum Gasteiger partial charge on any atom is 0.419 e. The van der Waals surface area contributed by atoms with Crippen LogP contribution in [0.15, 0.2) is 34.9 Å². The van der Waals surface area contributed by atoms with Crippen molar-refractivity contribution in [2.24, 2.45) is 5.73 Å². The van der Waals surface area contributed by atoms with Crippen LogP contribution in [-0.4, -0.2) is 19.7 Å². The zero-order valence-electron chi connectivity index (χ0n) is 15.7. The van der Waals surface area contributed by atoms with Gasteiger partial charge < -0.3 is 19.9 Å². The van der Waals surface area contributed by atoms with E-state index in [1.54, 1.807) is 6.92 Å².